The Kier molecular flexibility index (Phi) is 5.80. The molecule has 0 atom stereocenters. The Morgan fingerprint density at radius 1 is 0.816 bits per heavy atom. The Balaban J connectivity index is 1.23. The number of aryl methyl sites for hydroxylation is 2. The Hall–Kier alpha value is -4.71. The fourth-order valence-electron chi connectivity index (χ4n) is 4.83. The van der Waals surface area contributed by atoms with E-state index in [2.05, 4.69) is 52.7 Å². The number of aromatic nitrogens is 2. The first-order chi connectivity index (χ1) is 18.4. The smallest absolute Gasteiger partial charge is 0.314 e. The Morgan fingerprint density at radius 2 is 1.39 bits per heavy atom. The Labute approximate surface area is 221 Å². The highest BCUT2D eigenvalue weighted by Gasteiger charge is 2.51. The third kappa shape index (κ3) is 4.34. The minimum atomic E-state index is -0.737. The predicted molar refractivity (Wildman–Crippen MR) is 148 cm³/mol. The number of rotatable bonds is 7. The third-order valence-corrected chi connectivity index (χ3v) is 7.34. The summed E-state index contributed by atoms with van der Waals surface area (Å²) in [7, 11) is 0. The van der Waals surface area contributed by atoms with Gasteiger partial charge in [-0.25, -0.2) is 0 Å². The maximum atomic E-state index is 11.6. The molecule has 2 N–H and O–H groups in total. The number of carbonyl (C=O) groups is 1. The van der Waals surface area contributed by atoms with Gasteiger partial charge in [-0.15, -0.1) is 0 Å². The molecule has 38 heavy (non-hydrogen) atoms. The normalized spacial score (nSPS) is 13.7. The molecule has 6 nitrogen and oxygen atoms in total. The summed E-state index contributed by atoms with van der Waals surface area (Å²) < 4.78 is 5.55. The number of hydrogen-bond acceptors (Lipinski definition) is 5. The molecule has 0 bridgehead atoms. The molecule has 1 aliphatic carbocycles. The predicted octanol–water partition coefficient (Wildman–Crippen LogP) is 7.55. The molecular weight excluding hydrogens is 474 g/mol. The Bertz CT molecular complexity index is 1610. The average Bonchev–Trinajstić information content (AvgIpc) is 3.69. The van der Waals surface area contributed by atoms with Gasteiger partial charge in [0, 0.05) is 17.3 Å². The van der Waals surface area contributed by atoms with E-state index in [1.54, 1.807) is 6.20 Å². The monoisotopic (exact) mass is 501 g/mol. The number of aliphatic carboxylic acids is 1. The van der Waals surface area contributed by atoms with Gasteiger partial charge in [0.25, 0.3) is 0 Å². The van der Waals surface area contributed by atoms with Gasteiger partial charge in [0.15, 0.2) is 5.76 Å². The van der Waals surface area contributed by atoms with Crippen molar-refractivity contribution in [3.8, 4) is 33.5 Å². The van der Waals surface area contributed by atoms with E-state index in [1.807, 2.05) is 61.7 Å². The lowest BCUT2D eigenvalue weighted by Crippen LogP contribution is -2.19. The van der Waals surface area contributed by atoms with E-state index in [-0.39, 0.29) is 0 Å². The maximum absolute atomic E-state index is 11.6. The van der Waals surface area contributed by atoms with Crippen LogP contribution in [0.15, 0.2) is 95.8 Å². The highest BCUT2D eigenvalue weighted by Crippen LogP contribution is 2.48. The van der Waals surface area contributed by atoms with E-state index in [0.29, 0.717) is 18.6 Å². The van der Waals surface area contributed by atoms with Crippen molar-refractivity contribution in [2.75, 3.05) is 5.32 Å². The van der Waals surface area contributed by atoms with Crippen LogP contribution in [0.1, 0.15) is 29.7 Å². The van der Waals surface area contributed by atoms with Crippen LogP contribution in [0.5, 0.6) is 0 Å². The van der Waals surface area contributed by atoms with Crippen molar-refractivity contribution in [2.24, 2.45) is 0 Å². The van der Waals surface area contributed by atoms with E-state index < -0.39 is 11.4 Å². The molecule has 1 saturated carbocycles. The number of anilines is 2. The van der Waals surface area contributed by atoms with Crippen molar-refractivity contribution in [1.29, 1.82) is 0 Å². The molecule has 1 aliphatic rings. The van der Waals surface area contributed by atoms with Gasteiger partial charge in [-0.2, -0.15) is 0 Å². The molecule has 0 aliphatic heterocycles. The van der Waals surface area contributed by atoms with Crippen LogP contribution in [0.25, 0.3) is 33.5 Å². The molecule has 2 aromatic heterocycles. The molecule has 2 heterocycles. The number of carboxylic acids is 1. The van der Waals surface area contributed by atoms with Gasteiger partial charge in [-0.05, 0) is 55.0 Å². The quantitative estimate of drug-likeness (QED) is 0.239. The van der Waals surface area contributed by atoms with Gasteiger partial charge < -0.3 is 14.9 Å². The molecule has 0 radical (unpaired) electrons. The molecule has 5 aromatic rings. The van der Waals surface area contributed by atoms with Crippen molar-refractivity contribution >= 4 is 17.3 Å². The number of nitrogens with one attached hydrogen (secondary N) is 1. The molecule has 6 rings (SSSR count). The van der Waals surface area contributed by atoms with E-state index >= 15 is 0 Å². The molecule has 0 spiro atoms. The summed E-state index contributed by atoms with van der Waals surface area (Å²) >= 11 is 0. The highest BCUT2D eigenvalue weighted by molar-refractivity contribution is 5.85. The number of hydrogen-bond donors (Lipinski definition) is 2. The van der Waals surface area contributed by atoms with Gasteiger partial charge in [-0.1, -0.05) is 83.5 Å². The number of benzene rings is 3. The van der Waals surface area contributed by atoms with E-state index in [4.69, 9.17) is 4.52 Å². The lowest BCUT2D eigenvalue weighted by atomic mass is 9.93. The van der Waals surface area contributed by atoms with Crippen molar-refractivity contribution in [2.45, 2.75) is 32.1 Å². The van der Waals surface area contributed by atoms with Crippen LogP contribution in [0.3, 0.4) is 0 Å². The second-order valence-electron chi connectivity index (χ2n) is 9.96. The second-order valence-corrected chi connectivity index (χ2v) is 9.96. The standard InChI is InChI=1S/C32H27N3O3/c1-20-3-5-24(6-4-20)26-17-28(19-33-18-26)34-29-21(2)38-35-30(29)25-9-7-22(8-10-25)23-11-13-27(14-12-23)32(15-16-32)31(36)37/h3-14,17-19,34H,15-16H2,1-2H3,(H,36,37). The molecule has 0 saturated heterocycles. The van der Waals surface area contributed by atoms with Crippen LogP contribution in [0.2, 0.25) is 0 Å². The van der Waals surface area contributed by atoms with Crippen molar-refractivity contribution in [3.63, 3.8) is 0 Å². The largest absolute Gasteiger partial charge is 0.481 e. The van der Waals surface area contributed by atoms with Crippen molar-refractivity contribution < 1.29 is 14.4 Å². The fraction of sp³-hybridized carbons (Fsp3) is 0.156. The Morgan fingerprint density at radius 3 is 2.03 bits per heavy atom. The zero-order chi connectivity index (χ0) is 26.3. The maximum Gasteiger partial charge on any atom is 0.314 e. The van der Waals surface area contributed by atoms with Gasteiger partial charge in [0.2, 0.25) is 0 Å². The highest BCUT2D eigenvalue weighted by atomic mass is 16.5. The lowest BCUT2D eigenvalue weighted by molar-refractivity contribution is -0.140. The average molecular weight is 502 g/mol. The van der Waals surface area contributed by atoms with Gasteiger partial charge >= 0.3 is 5.97 Å². The SMILES string of the molecule is Cc1ccc(-c2cncc(Nc3c(-c4ccc(-c5ccc(C6(C(=O)O)CC6)cc5)cc4)noc3C)c2)cc1. The third-order valence-electron chi connectivity index (χ3n) is 7.34. The molecule has 3 aromatic carbocycles. The minimum Gasteiger partial charge on any atom is -0.481 e. The van der Waals surface area contributed by atoms with E-state index in [1.165, 1.54) is 5.56 Å². The molecule has 1 fully saturated rings. The summed E-state index contributed by atoms with van der Waals surface area (Å²) in [4.78, 5) is 16.1. The number of pyridine rings is 1. The fourth-order valence-corrected chi connectivity index (χ4v) is 4.83. The molecular formula is C32H27N3O3. The van der Waals surface area contributed by atoms with Crippen LogP contribution < -0.4 is 5.32 Å². The first-order valence-corrected chi connectivity index (χ1v) is 12.6. The van der Waals surface area contributed by atoms with Gasteiger partial charge in [0.05, 0.1) is 17.3 Å². The van der Waals surface area contributed by atoms with Crippen molar-refractivity contribution in [1.82, 2.24) is 10.1 Å². The van der Waals surface area contributed by atoms with Crippen LogP contribution in [-0.4, -0.2) is 21.2 Å². The van der Waals surface area contributed by atoms with Crippen LogP contribution in [0, 0.1) is 13.8 Å². The summed E-state index contributed by atoms with van der Waals surface area (Å²) in [6.07, 6.45) is 5.05. The summed E-state index contributed by atoms with van der Waals surface area (Å²) in [5.74, 6) is -0.0487. The second kappa shape index (κ2) is 9.30. The summed E-state index contributed by atoms with van der Waals surface area (Å²) in [6, 6.07) is 26.4. The summed E-state index contributed by atoms with van der Waals surface area (Å²) in [5, 5.41) is 17.3. The van der Waals surface area contributed by atoms with Crippen LogP contribution in [0.4, 0.5) is 11.4 Å². The number of carboxylic acid groups (broad SMARTS) is 1. The topological polar surface area (TPSA) is 88.2 Å². The molecule has 6 heteroatoms. The molecule has 0 amide bonds. The summed E-state index contributed by atoms with van der Waals surface area (Å²) in [5.41, 5.74) is 8.91. The first kappa shape index (κ1) is 23.7. The van der Waals surface area contributed by atoms with Crippen molar-refractivity contribution in [3.05, 3.63) is 108 Å². The molecule has 0 unspecified atom stereocenters. The van der Waals surface area contributed by atoms with Gasteiger partial charge in [0.1, 0.15) is 11.4 Å². The van der Waals surface area contributed by atoms with Crippen LogP contribution in [-0.2, 0) is 10.2 Å². The zero-order valence-electron chi connectivity index (χ0n) is 21.2. The van der Waals surface area contributed by atoms with E-state index in [0.717, 1.165) is 50.4 Å². The lowest BCUT2D eigenvalue weighted by Gasteiger charge is -2.11. The molecule has 188 valence electrons. The summed E-state index contributed by atoms with van der Waals surface area (Å²) in [6.45, 7) is 3.96. The van der Waals surface area contributed by atoms with Crippen LogP contribution >= 0.6 is 0 Å². The van der Waals surface area contributed by atoms with Gasteiger partial charge in [-0.3, -0.25) is 9.78 Å². The van der Waals surface area contributed by atoms with E-state index in [9.17, 15) is 9.90 Å². The first-order valence-electron chi connectivity index (χ1n) is 12.6. The minimum absolute atomic E-state index is 0.688. The number of nitrogens with zero attached hydrogens (tertiary/aromatic N) is 2. The zero-order valence-corrected chi connectivity index (χ0v) is 21.2.